The average molecular weight is 589 g/mol. The third kappa shape index (κ3) is 30.8. The number of aliphatic hydroxyl groups is 1. The van der Waals surface area contributed by atoms with E-state index in [1.165, 1.54) is 77.0 Å². The quantitative estimate of drug-likeness (QED) is 0.0513. The molecule has 0 aliphatic carbocycles. The number of esters is 2. The van der Waals surface area contributed by atoms with E-state index < -0.39 is 6.10 Å². The van der Waals surface area contributed by atoms with Gasteiger partial charge in [-0.05, 0) is 51.4 Å². The second-order valence-corrected chi connectivity index (χ2v) is 11.2. The minimum Gasteiger partial charge on any atom is -0.462 e. The fraction of sp³-hybridized carbons (Fsp3) is 0.730. The molecule has 5 heteroatoms. The van der Waals surface area contributed by atoms with Crippen molar-refractivity contribution in [3.63, 3.8) is 0 Å². The Bertz CT molecular complexity index is 722. The predicted molar refractivity (Wildman–Crippen MR) is 177 cm³/mol. The zero-order chi connectivity index (χ0) is 30.8. The van der Waals surface area contributed by atoms with Crippen LogP contribution in [0.15, 0.2) is 48.6 Å². The van der Waals surface area contributed by atoms with Gasteiger partial charge < -0.3 is 14.6 Å². The minimum atomic E-state index is -0.796. The molecule has 0 unspecified atom stereocenters. The molecule has 42 heavy (non-hydrogen) atoms. The highest BCUT2D eigenvalue weighted by atomic mass is 16.6. The van der Waals surface area contributed by atoms with E-state index in [9.17, 15) is 14.7 Å². The smallest absolute Gasteiger partial charge is 0.306 e. The molecule has 0 aromatic carbocycles. The van der Waals surface area contributed by atoms with E-state index in [1.54, 1.807) is 0 Å². The van der Waals surface area contributed by atoms with Crippen molar-refractivity contribution >= 4 is 11.9 Å². The molecule has 0 aromatic rings. The Morgan fingerprint density at radius 3 is 1.50 bits per heavy atom. The van der Waals surface area contributed by atoms with Crippen LogP contribution in [0.3, 0.4) is 0 Å². The molecule has 0 aliphatic heterocycles. The average Bonchev–Trinajstić information content (AvgIpc) is 2.99. The van der Waals surface area contributed by atoms with Crippen molar-refractivity contribution in [2.24, 2.45) is 0 Å². The number of rotatable bonds is 30. The maximum Gasteiger partial charge on any atom is 0.306 e. The summed E-state index contributed by atoms with van der Waals surface area (Å²) in [6.07, 6.45) is 40.2. The molecular formula is C37H64O5. The Morgan fingerprint density at radius 2 is 0.976 bits per heavy atom. The summed E-state index contributed by atoms with van der Waals surface area (Å²) in [5.74, 6) is -0.660. The maximum atomic E-state index is 12.1. The molecule has 0 heterocycles. The summed E-state index contributed by atoms with van der Waals surface area (Å²) in [5, 5.41) is 9.49. The Morgan fingerprint density at radius 1 is 0.548 bits per heavy atom. The lowest BCUT2D eigenvalue weighted by Crippen LogP contribution is -2.28. The number of carbonyl (C=O) groups is 2. The largest absolute Gasteiger partial charge is 0.462 e. The van der Waals surface area contributed by atoms with Gasteiger partial charge >= 0.3 is 11.9 Å². The fourth-order valence-corrected chi connectivity index (χ4v) is 4.49. The third-order valence-electron chi connectivity index (χ3n) is 7.13. The van der Waals surface area contributed by atoms with Crippen LogP contribution in [0.4, 0.5) is 0 Å². The molecular weight excluding hydrogens is 524 g/mol. The molecule has 0 saturated carbocycles. The van der Waals surface area contributed by atoms with Crippen molar-refractivity contribution in [2.45, 2.75) is 161 Å². The zero-order valence-corrected chi connectivity index (χ0v) is 27.2. The van der Waals surface area contributed by atoms with Gasteiger partial charge in [0.25, 0.3) is 0 Å². The molecule has 0 aliphatic rings. The van der Waals surface area contributed by atoms with Crippen LogP contribution in [0.5, 0.6) is 0 Å². The summed E-state index contributed by atoms with van der Waals surface area (Å²) >= 11 is 0. The number of aliphatic hydroxyl groups excluding tert-OH is 1. The number of carbonyl (C=O) groups excluding carboxylic acids is 2. The van der Waals surface area contributed by atoms with Gasteiger partial charge in [-0.1, -0.05) is 140 Å². The van der Waals surface area contributed by atoms with Gasteiger partial charge in [-0.2, -0.15) is 0 Å². The van der Waals surface area contributed by atoms with Crippen LogP contribution in [-0.2, 0) is 19.1 Å². The number of hydrogen-bond donors (Lipinski definition) is 1. The first-order valence-corrected chi connectivity index (χ1v) is 17.2. The Kier molecular flexibility index (Phi) is 31.7. The van der Waals surface area contributed by atoms with E-state index in [0.717, 1.165) is 44.9 Å². The van der Waals surface area contributed by atoms with Crippen molar-refractivity contribution in [3.8, 4) is 0 Å². The van der Waals surface area contributed by atoms with E-state index in [4.69, 9.17) is 9.47 Å². The summed E-state index contributed by atoms with van der Waals surface area (Å²) in [5.41, 5.74) is 0. The van der Waals surface area contributed by atoms with Gasteiger partial charge in [0.15, 0.2) is 6.10 Å². The highest BCUT2D eigenvalue weighted by Gasteiger charge is 2.15. The predicted octanol–water partition coefficient (Wildman–Crippen LogP) is 10.3. The Labute approximate surface area is 258 Å². The molecule has 1 N–H and O–H groups in total. The van der Waals surface area contributed by atoms with Gasteiger partial charge in [0.05, 0.1) is 6.61 Å². The van der Waals surface area contributed by atoms with E-state index in [0.29, 0.717) is 12.8 Å². The summed E-state index contributed by atoms with van der Waals surface area (Å²) in [6.45, 7) is 4.03. The molecule has 242 valence electrons. The Balaban J connectivity index is 3.71. The van der Waals surface area contributed by atoms with Crippen molar-refractivity contribution in [2.75, 3.05) is 13.2 Å². The summed E-state index contributed by atoms with van der Waals surface area (Å²) < 4.78 is 10.5. The number of ether oxygens (including phenoxy) is 2. The van der Waals surface area contributed by atoms with Gasteiger partial charge in [0.1, 0.15) is 6.61 Å². The first kappa shape index (κ1) is 39.9. The molecule has 0 spiro atoms. The monoisotopic (exact) mass is 588 g/mol. The van der Waals surface area contributed by atoms with Crippen LogP contribution < -0.4 is 0 Å². The summed E-state index contributed by atoms with van der Waals surface area (Å²) in [4.78, 5) is 24.1. The van der Waals surface area contributed by atoms with Crippen LogP contribution in [-0.4, -0.2) is 36.4 Å². The van der Waals surface area contributed by atoms with E-state index in [1.807, 2.05) is 0 Å². The van der Waals surface area contributed by atoms with Gasteiger partial charge in [0, 0.05) is 12.8 Å². The number of hydrogen-bond acceptors (Lipinski definition) is 5. The highest BCUT2D eigenvalue weighted by molar-refractivity contribution is 5.70. The topological polar surface area (TPSA) is 72.8 Å². The summed E-state index contributed by atoms with van der Waals surface area (Å²) in [6, 6.07) is 0. The number of allylic oxidation sites excluding steroid dienone is 8. The molecule has 0 saturated heterocycles. The lowest BCUT2D eigenvalue weighted by atomic mass is 10.1. The van der Waals surface area contributed by atoms with Crippen LogP contribution in [0.2, 0.25) is 0 Å². The first-order valence-electron chi connectivity index (χ1n) is 17.2. The summed E-state index contributed by atoms with van der Waals surface area (Å²) in [7, 11) is 0. The standard InChI is InChI=1S/C37H64O5/c1-3-5-7-9-11-13-15-16-17-18-19-20-22-24-26-28-30-32-37(40)42-35(33-38)34-41-36(39)31-29-27-25-23-21-14-12-10-8-6-4-2/h11,13,16-17,19-20,24,26,35,38H,3-10,12,14-15,18,21-23,25,27-34H2,1-2H3/b13-11-,17-16-,20-19-,26-24-/t35-/m0/s1. The zero-order valence-electron chi connectivity index (χ0n) is 27.2. The fourth-order valence-electron chi connectivity index (χ4n) is 4.49. The van der Waals surface area contributed by atoms with E-state index >= 15 is 0 Å². The molecule has 0 amide bonds. The second-order valence-electron chi connectivity index (χ2n) is 11.2. The van der Waals surface area contributed by atoms with Crippen LogP contribution >= 0.6 is 0 Å². The van der Waals surface area contributed by atoms with Gasteiger partial charge in [-0.15, -0.1) is 0 Å². The molecule has 0 radical (unpaired) electrons. The number of unbranched alkanes of at least 4 members (excludes halogenated alkanes) is 14. The van der Waals surface area contributed by atoms with Crippen LogP contribution in [0, 0.1) is 0 Å². The Hall–Kier alpha value is -2.14. The first-order chi connectivity index (χ1) is 20.6. The van der Waals surface area contributed by atoms with Crippen molar-refractivity contribution in [1.29, 1.82) is 0 Å². The molecule has 0 rings (SSSR count). The van der Waals surface area contributed by atoms with Crippen LogP contribution in [0.1, 0.15) is 155 Å². The lowest BCUT2D eigenvalue weighted by molar-refractivity contribution is -0.161. The van der Waals surface area contributed by atoms with E-state index in [-0.39, 0.29) is 31.6 Å². The normalized spacial score (nSPS) is 12.7. The minimum absolute atomic E-state index is 0.0870. The van der Waals surface area contributed by atoms with Gasteiger partial charge in [-0.25, -0.2) is 0 Å². The lowest BCUT2D eigenvalue weighted by Gasteiger charge is -2.15. The van der Waals surface area contributed by atoms with Gasteiger partial charge in [0.2, 0.25) is 0 Å². The van der Waals surface area contributed by atoms with E-state index in [2.05, 4.69) is 62.5 Å². The molecule has 0 aromatic heterocycles. The van der Waals surface area contributed by atoms with Crippen LogP contribution in [0.25, 0.3) is 0 Å². The molecule has 0 bridgehead atoms. The third-order valence-corrected chi connectivity index (χ3v) is 7.13. The van der Waals surface area contributed by atoms with Crippen molar-refractivity contribution < 1.29 is 24.2 Å². The molecule has 1 atom stereocenters. The van der Waals surface area contributed by atoms with Gasteiger partial charge in [-0.3, -0.25) is 9.59 Å². The SMILES string of the molecule is CCCCC/C=C\C/C=C\C/C=C\C/C=C\CCCC(=O)O[C@@H](CO)COC(=O)CCCCCCCCCCCCC. The molecule has 5 nitrogen and oxygen atoms in total. The van der Waals surface area contributed by atoms with Crippen molar-refractivity contribution in [1.82, 2.24) is 0 Å². The maximum absolute atomic E-state index is 12.1. The second kappa shape index (κ2) is 33.4. The van der Waals surface area contributed by atoms with Crippen molar-refractivity contribution in [3.05, 3.63) is 48.6 Å². The highest BCUT2D eigenvalue weighted by Crippen LogP contribution is 2.12. The molecule has 0 fully saturated rings.